The van der Waals surface area contributed by atoms with Crippen LogP contribution in [0, 0.1) is 11.7 Å². The highest BCUT2D eigenvalue weighted by Crippen LogP contribution is 2.29. The molecule has 0 atom stereocenters. The van der Waals surface area contributed by atoms with E-state index in [0.717, 1.165) is 49.2 Å². The highest BCUT2D eigenvalue weighted by atomic mass is 19.1. The van der Waals surface area contributed by atoms with Gasteiger partial charge in [-0.05, 0) is 44.0 Å². The molecule has 26 heavy (non-hydrogen) atoms. The van der Waals surface area contributed by atoms with E-state index >= 15 is 0 Å². The van der Waals surface area contributed by atoms with E-state index < -0.39 is 0 Å². The van der Waals surface area contributed by atoms with Crippen LogP contribution in [0.1, 0.15) is 42.5 Å². The van der Waals surface area contributed by atoms with Gasteiger partial charge in [0.05, 0.1) is 11.1 Å². The quantitative estimate of drug-likeness (QED) is 0.837. The van der Waals surface area contributed by atoms with E-state index in [0.29, 0.717) is 5.92 Å². The SMILES string of the molecule is CN1CCN(C(=O)c2cn(CC3CCCCC3)c3cc(F)ccc23)CC1. The summed E-state index contributed by atoms with van der Waals surface area (Å²) >= 11 is 0. The zero-order valence-corrected chi connectivity index (χ0v) is 15.6. The number of rotatable bonds is 3. The Hall–Kier alpha value is -1.88. The predicted molar refractivity (Wildman–Crippen MR) is 102 cm³/mol. The van der Waals surface area contributed by atoms with Gasteiger partial charge in [-0.3, -0.25) is 4.79 Å². The van der Waals surface area contributed by atoms with Crippen molar-refractivity contribution in [2.24, 2.45) is 5.92 Å². The van der Waals surface area contributed by atoms with Gasteiger partial charge in [-0.2, -0.15) is 0 Å². The number of carbonyl (C=O) groups is 1. The first kappa shape index (κ1) is 17.5. The second-order valence-corrected chi connectivity index (χ2v) is 7.96. The number of benzene rings is 1. The molecule has 1 aliphatic carbocycles. The molecule has 1 saturated heterocycles. The van der Waals surface area contributed by atoms with Crippen LogP contribution in [0.5, 0.6) is 0 Å². The molecule has 5 heteroatoms. The Morgan fingerprint density at radius 3 is 2.58 bits per heavy atom. The van der Waals surface area contributed by atoms with Crippen molar-refractivity contribution in [2.75, 3.05) is 33.2 Å². The first-order chi connectivity index (χ1) is 12.6. The first-order valence-electron chi connectivity index (χ1n) is 9.88. The van der Waals surface area contributed by atoms with Gasteiger partial charge < -0.3 is 14.4 Å². The van der Waals surface area contributed by atoms with E-state index in [1.165, 1.54) is 38.2 Å². The standard InChI is InChI=1S/C21H28FN3O/c1-23-9-11-24(12-10-23)21(26)19-15-25(14-16-5-3-2-4-6-16)20-13-17(22)7-8-18(19)20/h7-8,13,15-16H,2-6,9-12,14H2,1H3. The zero-order chi connectivity index (χ0) is 18.1. The van der Waals surface area contributed by atoms with Crippen molar-refractivity contribution in [3.8, 4) is 0 Å². The van der Waals surface area contributed by atoms with Gasteiger partial charge in [0.1, 0.15) is 5.82 Å². The maximum atomic E-state index is 13.9. The van der Waals surface area contributed by atoms with Crippen molar-refractivity contribution < 1.29 is 9.18 Å². The van der Waals surface area contributed by atoms with Crippen molar-refractivity contribution in [3.63, 3.8) is 0 Å². The molecule has 0 unspecified atom stereocenters. The van der Waals surface area contributed by atoms with Crippen LogP contribution in [-0.2, 0) is 6.54 Å². The van der Waals surface area contributed by atoms with Gasteiger partial charge in [-0.15, -0.1) is 0 Å². The molecule has 0 N–H and O–H groups in total. The van der Waals surface area contributed by atoms with Crippen LogP contribution in [0.2, 0.25) is 0 Å². The lowest BCUT2D eigenvalue weighted by molar-refractivity contribution is 0.0665. The summed E-state index contributed by atoms with van der Waals surface area (Å²) in [6, 6.07) is 4.82. The summed E-state index contributed by atoms with van der Waals surface area (Å²) in [6.45, 7) is 4.20. The van der Waals surface area contributed by atoms with Crippen molar-refractivity contribution in [3.05, 3.63) is 35.8 Å². The fraction of sp³-hybridized carbons (Fsp3) is 0.571. The van der Waals surface area contributed by atoms with Crippen LogP contribution in [0.15, 0.2) is 24.4 Å². The molecule has 4 rings (SSSR count). The number of fused-ring (bicyclic) bond motifs is 1. The Balaban J connectivity index is 1.65. The minimum atomic E-state index is -0.237. The van der Waals surface area contributed by atoms with Gasteiger partial charge in [0, 0.05) is 44.3 Å². The summed E-state index contributed by atoms with van der Waals surface area (Å²) in [5, 5.41) is 0.881. The molecular formula is C21H28FN3O. The lowest BCUT2D eigenvalue weighted by atomic mass is 9.89. The number of likely N-dealkylation sites (N-methyl/N-ethyl adjacent to an activating group) is 1. The van der Waals surface area contributed by atoms with Crippen LogP contribution in [0.4, 0.5) is 4.39 Å². The summed E-state index contributed by atoms with van der Waals surface area (Å²) in [6.07, 6.45) is 8.33. The van der Waals surface area contributed by atoms with Gasteiger partial charge >= 0.3 is 0 Å². The molecule has 2 aromatic rings. The number of piperazine rings is 1. The Labute approximate surface area is 154 Å². The fourth-order valence-corrected chi connectivity index (χ4v) is 4.41. The third-order valence-electron chi connectivity index (χ3n) is 6.04. The Bertz CT molecular complexity index is 786. The van der Waals surface area contributed by atoms with Gasteiger partial charge in [0.15, 0.2) is 0 Å². The van der Waals surface area contributed by atoms with Crippen molar-refractivity contribution in [1.29, 1.82) is 0 Å². The maximum absolute atomic E-state index is 13.9. The Kier molecular flexibility index (Phi) is 4.98. The monoisotopic (exact) mass is 357 g/mol. The van der Waals surface area contributed by atoms with E-state index in [2.05, 4.69) is 16.5 Å². The number of amides is 1. The minimum Gasteiger partial charge on any atom is -0.346 e. The van der Waals surface area contributed by atoms with E-state index in [9.17, 15) is 9.18 Å². The Morgan fingerprint density at radius 1 is 1.12 bits per heavy atom. The highest BCUT2D eigenvalue weighted by molar-refractivity contribution is 6.07. The molecule has 140 valence electrons. The number of nitrogens with zero attached hydrogens (tertiary/aromatic N) is 3. The summed E-state index contributed by atoms with van der Waals surface area (Å²) in [7, 11) is 2.08. The molecule has 2 fully saturated rings. The van der Waals surface area contributed by atoms with Gasteiger partial charge in [-0.1, -0.05) is 19.3 Å². The number of carbonyl (C=O) groups excluding carboxylic acids is 1. The topological polar surface area (TPSA) is 28.5 Å². The molecule has 1 aromatic heterocycles. The average molecular weight is 357 g/mol. The molecule has 0 bridgehead atoms. The van der Waals surface area contributed by atoms with Crippen molar-refractivity contribution in [1.82, 2.24) is 14.4 Å². The van der Waals surface area contributed by atoms with Gasteiger partial charge in [-0.25, -0.2) is 4.39 Å². The Morgan fingerprint density at radius 2 is 1.85 bits per heavy atom. The smallest absolute Gasteiger partial charge is 0.256 e. The van der Waals surface area contributed by atoms with Crippen LogP contribution >= 0.6 is 0 Å². The molecule has 1 amide bonds. The number of hydrogen-bond donors (Lipinski definition) is 0. The van der Waals surface area contributed by atoms with E-state index in [4.69, 9.17) is 0 Å². The molecule has 1 saturated carbocycles. The van der Waals surface area contributed by atoms with Gasteiger partial charge in [0.2, 0.25) is 0 Å². The zero-order valence-electron chi connectivity index (χ0n) is 15.6. The summed E-state index contributed by atoms with van der Waals surface area (Å²) in [5.74, 6) is 0.477. The van der Waals surface area contributed by atoms with Crippen LogP contribution < -0.4 is 0 Å². The third kappa shape index (κ3) is 3.50. The second-order valence-electron chi connectivity index (χ2n) is 7.96. The third-order valence-corrected chi connectivity index (χ3v) is 6.04. The van der Waals surface area contributed by atoms with Crippen molar-refractivity contribution in [2.45, 2.75) is 38.6 Å². The van der Waals surface area contributed by atoms with Crippen LogP contribution in [-0.4, -0.2) is 53.5 Å². The summed E-state index contributed by atoms with van der Waals surface area (Å²) < 4.78 is 16.0. The molecule has 1 aliphatic heterocycles. The van der Waals surface area contributed by atoms with Crippen LogP contribution in [0.25, 0.3) is 10.9 Å². The van der Waals surface area contributed by atoms with Gasteiger partial charge in [0.25, 0.3) is 5.91 Å². The number of halogens is 1. The lowest BCUT2D eigenvalue weighted by Gasteiger charge is -2.32. The lowest BCUT2D eigenvalue weighted by Crippen LogP contribution is -2.47. The molecular weight excluding hydrogens is 329 g/mol. The van der Waals surface area contributed by atoms with Crippen molar-refractivity contribution >= 4 is 16.8 Å². The second kappa shape index (κ2) is 7.39. The molecule has 2 aliphatic rings. The molecule has 0 spiro atoms. The average Bonchev–Trinajstić information content (AvgIpc) is 3.00. The predicted octanol–water partition coefficient (Wildman–Crippen LogP) is 3.75. The molecule has 4 nitrogen and oxygen atoms in total. The van der Waals surface area contributed by atoms with Crippen LogP contribution in [0.3, 0.4) is 0 Å². The molecule has 1 aromatic carbocycles. The summed E-state index contributed by atoms with van der Waals surface area (Å²) in [4.78, 5) is 17.3. The van der Waals surface area contributed by atoms with E-state index in [1.807, 2.05) is 11.1 Å². The first-order valence-corrected chi connectivity index (χ1v) is 9.88. The highest BCUT2D eigenvalue weighted by Gasteiger charge is 2.25. The molecule has 0 radical (unpaired) electrons. The molecule has 2 heterocycles. The van der Waals surface area contributed by atoms with E-state index in [1.54, 1.807) is 12.1 Å². The fourth-order valence-electron chi connectivity index (χ4n) is 4.41. The number of hydrogen-bond acceptors (Lipinski definition) is 2. The minimum absolute atomic E-state index is 0.0807. The largest absolute Gasteiger partial charge is 0.346 e. The summed E-state index contributed by atoms with van der Waals surface area (Å²) in [5.41, 5.74) is 1.58. The van der Waals surface area contributed by atoms with E-state index in [-0.39, 0.29) is 11.7 Å². The normalized spacial score (nSPS) is 20.0. The maximum Gasteiger partial charge on any atom is 0.256 e. The number of aromatic nitrogens is 1.